The number of nitrogens with two attached hydrogens (primary N) is 1. The lowest BCUT2D eigenvalue weighted by molar-refractivity contribution is -0.181. The van der Waals surface area contributed by atoms with Gasteiger partial charge in [-0.15, -0.1) is 0 Å². The van der Waals surface area contributed by atoms with E-state index in [0.29, 0.717) is 12.5 Å². The van der Waals surface area contributed by atoms with Gasteiger partial charge in [0.15, 0.2) is 0 Å². The molecule has 0 saturated heterocycles. The van der Waals surface area contributed by atoms with Crippen molar-refractivity contribution < 1.29 is 5.11 Å². The molecule has 0 spiro atoms. The van der Waals surface area contributed by atoms with Crippen LogP contribution in [0.4, 0.5) is 0 Å². The van der Waals surface area contributed by atoms with E-state index in [9.17, 15) is 5.11 Å². The Balaban J connectivity index is 1.89. The highest BCUT2D eigenvalue weighted by atomic mass is 16.3. The van der Waals surface area contributed by atoms with E-state index in [1.807, 2.05) is 0 Å². The van der Waals surface area contributed by atoms with Gasteiger partial charge < -0.3 is 10.8 Å². The van der Waals surface area contributed by atoms with E-state index in [1.54, 1.807) is 0 Å². The standard InChI is InChI=1S/C16H29NO/c1-11(2)6-16(18,10-17)15-7-12-3-13(8-15)5-14(4-12)9-15/h11-14,18H,3-10,17H2,1-2H3. The molecule has 1 unspecified atom stereocenters. The zero-order chi connectivity index (χ0) is 13.0. The molecule has 4 aliphatic rings. The largest absolute Gasteiger partial charge is 0.388 e. The summed E-state index contributed by atoms with van der Waals surface area (Å²) < 4.78 is 0. The van der Waals surface area contributed by atoms with Crippen molar-refractivity contribution in [3.8, 4) is 0 Å². The summed E-state index contributed by atoms with van der Waals surface area (Å²) in [6.07, 6.45) is 8.93. The van der Waals surface area contributed by atoms with Crippen LogP contribution in [-0.4, -0.2) is 17.3 Å². The highest BCUT2D eigenvalue weighted by Crippen LogP contribution is 2.64. The Morgan fingerprint density at radius 1 is 1.11 bits per heavy atom. The summed E-state index contributed by atoms with van der Waals surface area (Å²) >= 11 is 0. The highest BCUT2D eigenvalue weighted by molar-refractivity contribution is 5.10. The van der Waals surface area contributed by atoms with Crippen molar-refractivity contribution in [1.82, 2.24) is 0 Å². The third-order valence-corrected chi connectivity index (χ3v) is 6.11. The van der Waals surface area contributed by atoms with Crippen LogP contribution in [-0.2, 0) is 0 Å². The molecule has 4 fully saturated rings. The molecule has 0 aromatic carbocycles. The van der Waals surface area contributed by atoms with Crippen molar-refractivity contribution >= 4 is 0 Å². The summed E-state index contributed by atoms with van der Waals surface area (Å²) in [5.41, 5.74) is 5.59. The number of hydrogen-bond acceptors (Lipinski definition) is 2. The van der Waals surface area contributed by atoms with E-state index in [2.05, 4.69) is 13.8 Å². The second kappa shape index (κ2) is 4.21. The van der Waals surface area contributed by atoms with E-state index in [-0.39, 0.29) is 5.41 Å². The highest BCUT2D eigenvalue weighted by Gasteiger charge is 2.59. The van der Waals surface area contributed by atoms with Crippen molar-refractivity contribution in [1.29, 1.82) is 0 Å². The molecule has 1 atom stereocenters. The Kier molecular flexibility index (Phi) is 3.02. The molecule has 0 amide bonds. The first-order valence-corrected chi connectivity index (χ1v) is 7.89. The average molecular weight is 251 g/mol. The number of aliphatic hydroxyl groups is 1. The molecule has 4 aliphatic carbocycles. The van der Waals surface area contributed by atoms with E-state index >= 15 is 0 Å². The van der Waals surface area contributed by atoms with Crippen molar-refractivity contribution in [3.63, 3.8) is 0 Å². The van der Waals surface area contributed by atoms with Crippen LogP contribution in [0.2, 0.25) is 0 Å². The smallest absolute Gasteiger partial charge is 0.0827 e. The first-order valence-electron chi connectivity index (χ1n) is 7.89. The fraction of sp³-hybridized carbons (Fsp3) is 1.00. The lowest BCUT2D eigenvalue weighted by Crippen LogP contribution is -2.61. The van der Waals surface area contributed by atoms with Gasteiger partial charge in [-0.05, 0) is 68.6 Å². The molecule has 0 radical (unpaired) electrons. The molecule has 4 rings (SSSR count). The van der Waals surface area contributed by atoms with Gasteiger partial charge in [-0.3, -0.25) is 0 Å². The lowest BCUT2D eigenvalue weighted by atomic mass is 9.44. The minimum Gasteiger partial charge on any atom is -0.388 e. The van der Waals surface area contributed by atoms with Crippen LogP contribution in [0.5, 0.6) is 0 Å². The number of hydrogen-bond donors (Lipinski definition) is 2. The van der Waals surface area contributed by atoms with Crippen LogP contribution >= 0.6 is 0 Å². The second-order valence-electron chi connectivity index (χ2n) is 8.03. The van der Waals surface area contributed by atoms with Crippen LogP contribution in [0.1, 0.15) is 58.8 Å². The molecule has 0 heterocycles. The van der Waals surface area contributed by atoms with Gasteiger partial charge in [-0.2, -0.15) is 0 Å². The zero-order valence-corrected chi connectivity index (χ0v) is 12.0. The first-order chi connectivity index (χ1) is 8.46. The van der Waals surface area contributed by atoms with Gasteiger partial charge in [0.1, 0.15) is 0 Å². The summed E-state index contributed by atoms with van der Waals surface area (Å²) in [7, 11) is 0. The van der Waals surface area contributed by atoms with Gasteiger partial charge in [-0.25, -0.2) is 0 Å². The summed E-state index contributed by atoms with van der Waals surface area (Å²) in [4.78, 5) is 0. The van der Waals surface area contributed by atoms with E-state index < -0.39 is 5.60 Å². The molecule has 104 valence electrons. The lowest BCUT2D eigenvalue weighted by Gasteiger charge is -2.62. The van der Waals surface area contributed by atoms with Crippen molar-refractivity contribution in [3.05, 3.63) is 0 Å². The average Bonchev–Trinajstić information content (AvgIpc) is 2.25. The molecule has 18 heavy (non-hydrogen) atoms. The monoisotopic (exact) mass is 251 g/mol. The third-order valence-electron chi connectivity index (χ3n) is 6.11. The second-order valence-corrected chi connectivity index (χ2v) is 8.03. The normalized spacial score (nSPS) is 45.5. The fourth-order valence-corrected chi connectivity index (χ4v) is 5.87. The molecule has 0 aliphatic heterocycles. The van der Waals surface area contributed by atoms with Crippen molar-refractivity contribution in [2.75, 3.05) is 6.54 Å². The Hall–Kier alpha value is -0.0800. The Morgan fingerprint density at radius 2 is 1.56 bits per heavy atom. The van der Waals surface area contributed by atoms with Crippen LogP contribution < -0.4 is 5.73 Å². The van der Waals surface area contributed by atoms with Crippen molar-refractivity contribution in [2.24, 2.45) is 34.8 Å². The molecular formula is C16H29NO. The van der Waals surface area contributed by atoms with Gasteiger partial charge in [0.05, 0.1) is 5.60 Å². The molecule has 4 saturated carbocycles. The molecule has 2 nitrogen and oxygen atoms in total. The molecular weight excluding hydrogens is 222 g/mol. The molecule has 2 heteroatoms. The number of rotatable bonds is 4. The maximum atomic E-state index is 11.2. The van der Waals surface area contributed by atoms with Crippen molar-refractivity contribution in [2.45, 2.75) is 64.4 Å². The molecule has 0 aromatic rings. The Morgan fingerprint density at radius 3 is 1.89 bits per heavy atom. The third kappa shape index (κ3) is 1.84. The van der Waals surface area contributed by atoms with Crippen LogP contribution in [0.15, 0.2) is 0 Å². The van der Waals surface area contributed by atoms with Gasteiger partial charge in [-0.1, -0.05) is 13.8 Å². The Labute approximate surface area is 111 Å². The maximum absolute atomic E-state index is 11.2. The van der Waals surface area contributed by atoms with Crippen LogP contribution in [0.3, 0.4) is 0 Å². The fourth-order valence-electron chi connectivity index (χ4n) is 5.87. The quantitative estimate of drug-likeness (QED) is 0.807. The summed E-state index contributed by atoms with van der Waals surface area (Å²) in [5.74, 6) is 3.20. The molecule has 0 aromatic heterocycles. The topological polar surface area (TPSA) is 46.2 Å². The van der Waals surface area contributed by atoms with Gasteiger partial charge in [0.2, 0.25) is 0 Å². The molecule has 4 bridgehead atoms. The minimum absolute atomic E-state index is 0.167. The Bertz CT molecular complexity index is 290. The zero-order valence-electron chi connectivity index (χ0n) is 12.0. The minimum atomic E-state index is -0.600. The van der Waals surface area contributed by atoms with Crippen LogP contribution in [0, 0.1) is 29.1 Å². The summed E-state index contributed by atoms with van der Waals surface area (Å²) in [5, 5.41) is 11.2. The molecule has 3 N–H and O–H groups in total. The first kappa shape index (κ1) is 12.9. The van der Waals surface area contributed by atoms with Crippen LogP contribution in [0.25, 0.3) is 0 Å². The predicted molar refractivity (Wildman–Crippen MR) is 74.1 cm³/mol. The summed E-state index contributed by atoms with van der Waals surface area (Å²) in [6.45, 7) is 4.87. The van der Waals surface area contributed by atoms with E-state index in [1.165, 1.54) is 38.5 Å². The summed E-state index contributed by atoms with van der Waals surface area (Å²) in [6, 6.07) is 0. The predicted octanol–water partition coefficient (Wildman–Crippen LogP) is 2.94. The van der Waals surface area contributed by atoms with Gasteiger partial charge in [0.25, 0.3) is 0 Å². The SMILES string of the molecule is CC(C)CC(O)(CN)C12CC3CC(CC(C3)C1)C2. The van der Waals surface area contributed by atoms with E-state index in [4.69, 9.17) is 5.73 Å². The van der Waals surface area contributed by atoms with Gasteiger partial charge in [0, 0.05) is 12.0 Å². The maximum Gasteiger partial charge on any atom is 0.0827 e. The van der Waals surface area contributed by atoms with E-state index in [0.717, 1.165) is 24.2 Å². The van der Waals surface area contributed by atoms with Gasteiger partial charge >= 0.3 is 0 Å².